The molecule has 0 radical (unpaired) electrons. The van der Waals surface area contributed by atoms with E-state index in [9.17, 15) is 4.79 Å². The second kappa shape index (κ2) is 6.64. The van der Waals surface area contributed by atoms with Crippen LogP contribution in [0.1, 0.15) is 28.5 Å². The zero-order valence-corrected chi connectivity index (χ0v) is 11.0. The quantitative estimate of drug-likeness (QED) is 0.889. The average molecular weight is 255 g/mol. The summed E-state index contributed by atoms with van der Waals surface area (Å²) in [6.45, 7) is 2.64. The number of amides is 1. The highest BCUT2D eigenvalue weighted by Gasteiger charge is 2.05. The zero-order chi connectivity index (χ0) is 13.5. The highest BCUT2D eigenvalue weighted by molar-refractivity contribution is 5.94. The molecule has 1 N–H and O–H groups in total. The molecule has 0 aliphatic carbocycles. The first-order valence-corrected chi connectivity index (χ1v) is 6.41. The van der Waals surface area contributed by atoms with Gasteiger partial charge in [-0.05, 0) is 42.7 Å². The fourth-order valence-electron chi connectivity index (χ4n) is 1.78. The van der Waals surface area contributed by atoms with E-state index >= 15 is 0 Å². The summed E-state index contributed by atoms with van der Waals surface area (Å²) < 4.78 is 0. The molecule has 0 unspecified atom stereocenters. The Kier molecular flexibility index (Phi) is 4.61. The van der Waals surface area contributed by atoms with Crippen molar-refractivity contribution in [2.24, 2.45) is 0 Å². The summed E-state index contributed by atoms with van der Waals surface area (Å²) in [5.74, 6) is -0.0499. The van der Waals surface area contributed by atoms with Crippen LogP contribution in [0.4, 0.5) is 0 Å². The van der Waals surface area contributed by atoms with Gasteiger partial charge in [0.25, 0.3) is 5.91 Å². The normalized spacial score (nSPS) is 10.2. The molecule has 0 saturated heterocycles. The van der Waals surface area contributed by atoms with Crippen LogP contribution in [0.2, 0.25) is 0 Å². The molecule has 0 fully saturated rings. The van der Waals surface area contributed by atoms with Gasteiger partial charge in [-0.1, -0.05) is 6.92 Å². The third-order valence-corrected chi connectivity index (χ3v) is 2.89. The molecule has 19 heavy (non-hydrogen) atoms. The molecule has 98 valence electrons. The molecule has 4 nitrogen and oxygen atoms in total. The lowest BCUT2D eigenvalue weighted by molar-refractivity contribution is 0.0954. The maximum atomic E-state index is 12.0. The van der Waals surface area contributed by atoms with Crippen LogP contribution >= 0.6 is 0 Å². The molecule has 0 saturated carbocycles. The zero-order valence-electron chi connectivity index (χ0n) is 11.0. The van der Waals surface area contributed by atoms with Crippen LogP contribution in [0.25, 0.3) is 0 Å². The average Bonchev–Trinajstić information content (AvgIpc) is 2.48. The van der Waals surface area contributed by atoms with Crippen molar-refractivity contribution in [2.45, 2.75) is 19.8 Å². The summed E-state index contributed by atoms with van der Waals surface area (Å²) in [6.07, 6.45) is 6.83. The van der Waals surface area contributed by atoms with Crippen LogP contribution in [-0.2, 0) is 12.8 Å². The van der Waals surface area contributed by atoms with Gasteiger partial charge in [-0.2, -0.15) is 0 Å². The van der Waals surface area contributed by atoms with E-state index in [0.717, 1.165) is 18.5 Å². The van der Waals surface area contributed by atoms with Crippen LogP contribution in [0.5, 0.6) is 0 Å². The third-order valence-electron chi connectivity index (χ3n) is 2.89. The molecule has 0 aromatic carbocycles. The molecule has 1 amide bonds. The van der Waals surface area contributed by atoms with Gasteiger partial charge in [0.1, 0.15) is 0 Å². The van der Waals surface area contributed by atoms with Gasteiger partial charge in [0.15, 0.2) is 0 Å². The molecular formula is C15H17N3O. The number of rotatable bonds is 5. The standard InChI is InChI=1S/C15H17N3O/c1-2-14-11-13(6-10-17-14)15(19)18-9-5-12-3-7-16-8-4-12/h3-4,6-8,10-11H,2,5,9H2,1H3,(H,18,19). The van der Waals surface area contributed by atoms with Gasteiger partial charge >= 0.3 is 0 Å². The molecule has 2 rings (SSSR count). The highest BCUT2D eigenvalue weighted by Crippen LogP contribution is 2.03. The molecule has 0 atom stereocenters. The van der Waals surface area contributed by atoms with Crippen molar-refractivity contribution >= 4 is 5.91 Å². The largest absolute Gasteiger partial charge is 0.352 e. The minimum Gasteiger partial charge on any atom is -0.352 e. The summed E-state index contributed by atoms with van der Waals surface area (Å²) in [6, 6.07) is 7.48. The van der Waals surface area contributed by atoms with Crippen LogP contribution < -0.4 is 5.32 Å². The third kappa shape index (κ3) is 3.88. The van der Waals surface area contributed by atoms with E-state index < -0.39 is 0 Å². The predicted octanol–water partition coefficient (Wildman–Crippen LogP) is 2.01. The van der Waals surface area contributed by atoms with Crippen molar-refractivity contribution in [3.8, 4) is 0 Å². The molecule has 0 aliphatic rings. The fraction of sp³-hybridized carbons (Fsp3) is 0.267. The SMILES string of the molecule is CCc1cc(C(=O)NCCc2ccncc2)ccn1. The van der Waals surface area contributed by atoms with Gasteiger partial charge in [-0.3, -0.25) is 14.8 Å². The number of carbonyl (C=O) groups is 1. The second-order valence-electron chi connectivity index (χ2n) is 4.25. The molecular weight excluding hydrogens is 238 g/mol. The van der Waals surface area contributed by atoms with E-state index in [-0.39, 0.29) is 5.91 Å². The van der Waals surface area contributed by atoms with Crippen molar-refractivity contribution in [3.63, 3.8) is 0 Å². The molecule has 0 bridgehead atoms. The second-order valence-corrected chi connectivity index (χ2v) is 4.25. The van der Waals surface area contributed by atoms with Gasteiger partial charge in [0, 0.05) is 36.4 Å². The van der Waals surface area contributed by atoms with Gasteiger partial charge < -0.3 is 5.32 Å². The van der Waals surface area contributed by atoms with Crippen LogP contribution in [0, 0.1) is 0 Å². The maximum Gasteiger partial charge on any atom is 0.251 e. The minimum atomic E-state index is -0.0499. The Labute approximate surface area is 112 Å². The molecule has 2 heterocycles. The number of carbonyl (C=O) groups excluding carboxylic acids is 1. The van der Waals surface area contributed by atoms with Crippen molar-refractivity contribution < 1.29 is 4.79 Å². The summed E-state index contributed by atoms with van der Waals surface area (Å²) in [5, 5.41) is 2.91. The molecule has 2 aromatic rings. The van der Waals surface area contributed by atoms with Crippen molar-refractivity contribution in [3.05, 3.63) is 59.7 Å². The first-order chi connectivity index (χ1) is 9.29. The Morgan fingerprint density at radius 1 is 1.21 bits per heavy atom. The molecule has 4 heteroatoms. The number of pyridine rings is 2. The van der Waals surface area contributed by atoms with Gasteiger partial charge in [0.2, 0.25) is 0 Å². The Hall–Kier alpha value is -2.23. The number of nitrogens with one attached hydrogen (secondary N) is 1. The lowest BCUT2D eigenvalue weighted by Crippen LogP contribution is -2.25. The van der Waals surface area contributed by atoms with Crippen LogP contribution in [0.15, 0.2) is 42.9 Å². The number of hydrogen-bond donors (Lipinski definition) is 1. The Morgan fingerprint density at radius 3 is 2.74 bits per heavy atom. The number of nitrogens with zero attached hydrogens (tertiary/aromatic N) is 2. The monoisotopic (exact) mass is 255 g/mol. The number of hydrogen-bond acceptors (Lipinski definition) is 3. The van der Waals surface area contributed by atoms with Gasteiger partial charge in [-0.15, -0.1) is 0 Å². The highest BCUT2D eigenvalue weighted by atomic mass is 16.1. The van der Waals surface area contributed by atoms with Crippen molar-refractivity contribution in [1.82, 2.24) is 15.3 Å². The summed E-state index contributed by atoms with van der Waals surface area (Å²) >= 11 is 0. The Bertz CT molecular complexity index is 540. The smallest absolute Gasteiger partial charge is 0.251 e. The molecule has 2 aromatic heterocycles. The molecule has 0 aliphatic heterocycles. The van der Waals surface area contributed by atoms with E-state index in [1.807, 2.05) is 25.1 Å². The Balaban J connectivity index is 1.87. The minimum absolute atomic E-state index is 0.0499. The van der Waals surface area contributed by atoms with E-state index in [0.29, 0.717) is 12.1 Å². The Morgan fingerprint density at radius 2 is 2.00 bits per heavy atom. The lowest BCUT2D eigenvalue weighted by atomic mass is 10.1. The van der Waals surface area contributed by atoms with Crippen molar-refractivity contribution in [2.75, 3.05) is 6.54 Å². The van der Waals surface area contributed by atoms with Gasteiger partial charge in [0.05, 0.1) is 0 Å². The number of aromatic nitrogens is 2. The summed E-state index contributed by atoms with van der Waals surface area (Å²) in [7, 11) is 0. The lowest BCUT2D eigenvalue weighted by Gasteiger charge is -2.06. The topological polar surface area (TPSA) is 54.9 Å². The van der Waals surface area contributed by atoms with E-state index in [1.165, 1.54) is 5.56 Å². The van der Waals surface area contributed by atoms with Crippen LogP contribution in [0.3, 0.4) is 0 Å². The molecule has 0 spiro atoms. The number of aryl methyl sites for hydroxylation is 1. The first kappa shape index (κ1) is 13.2. The van der Waals surface area contributed by atoms with Gasteiger partial charge in [-0.25, -0.2) is 0 Å². The predicted molar refractivity (Wildman–Crippen MR) is 73.9 cm³/mol. The summed E-state index contributed by atoms with van der Waals surface area (Å²) in [4.78, 5) is 20.1. The van der Waals surface area contributed by atoms with E-state index in [4.69, 9.17) is 0 Å². The fourth-order valence-corrected chi connectivity index (χ4v) is 1.78. The van der Waals surface area contributed by atoms with Crippen molar-refractivity contribution in [1.29, 1.82) is 0 Å². The van der Waals surface area contributed by atoms with E-state index in [1.54, 1.807) is 24.7 Å². The first-order valence-electron chi connectivity index (χ1n) is 6.41. The van der Waals surface area contributed by atoms with E-state index in [2.05, 4.69) is 15.3 Å². The maximum absolute atomic E-state index is 12.0. The summed E-state index contributed by atoms with van der Waals surface area (Å²) in [5.41, 5.74) is 2.77. The van der Waals surface area contributed by atoms with Crippen LogP contribution in [-0.4, -0.2) is 22.4 Å².